The average Bonchev–Trinajstić information content (AvgIpc) is 3.16. The highest BCUT2D eigenvalue weighted by Gasteiger charge is 2.30. The standard InChI is InChI=1S/C15H23N5O/c1-3-11-4-5-12(21-11)13-17-14(19-18-13)20-8-6-15(2,10-16)7-9-20/h4-5H,3,6-10,16H2,1-2H3,(H,17,18,19). The number of hydrogen-bond donors (Lipinski definition) is 2. The van der Waals surface area contributed by atoms with Crippen molar-refractivity contribution in [1.29, 1.82) is 0 Å². The van der Waals surface area contributed by atoms with E-state index in [1.54, 1.807) is 0 Å². The van der Waals surface area contributed by atoms with Crippen LogP contribution in [0.2, 0.25) is 0 Å². The van der Waals surface area contributed by atoms with Crippen LogP contribution in [0.4, 0.5) is 5.95 Å². The van der Waals surface area contributed by atoms with Crippen LogP contribution >= 0.6 is 0 Å². The van der Waals surface area contributed by atoms with Gasteiger partial charge in [-0.05, 0) is 36.9 Å². The molecule has 3 heterocycles. The van der Waals surface area contributed by atoms with E-state index in [1.165, 1.54) is 0 Å². The first-order valence-corrected chi connectivity index (χ1v) is 7.60. The quantitative estimate of drug-likeness (QED) is 0.901. The van der Waals surface area contributed by atoms with Crippen molar-refractivity contribution in [2.45, 2.75) is 33.1 Å². The van der Waals surface area contributed by atoms with Crippen molar-refractivity contribution in [2.75, 3.05) is 24.5 Å². The molecule has 1 aliphatic rings. The highest BCUT2D eigenvalue weighted by Crippen LogP contribution is 2.31. The Hall–Kier alpha value is -1.82. The maximum absolute atomic E-state index is 5.85. The zero-order valence-corrected chi connectivity index (χ0v) is 12.7. The van der Waals surface area contributed by atoms with Gasteiger partial charge >= 0.3 is 0 Å². The van der Waals surface area contributed by atoms with Gasteiger partial charge in [-0.3, -0.25) is 5.10 Å². The van der Waals surface area contributed by atoms with Crippen molar-refractivity contribution >= 4 is 5.95 Å². The lowest BCUT2D eigenvalue weighted by Crippen LogP contribution is -2.42. The summed E-state index contributed by atoms with van der Waals surface area (Å²) in [6.45, 7) is 6.96. The van der Waals surface area contributed by atoms with Crippen LogP contribution in [0.1, 0.15) is 32.4 Å². The highest BCUT2D eigenvalue weighted by molar-refractivity contribution is 5.49. The molecule has 0 bridgehead atoms. The van der Waals surface area contributed by atoms with Gasteiger partial charge in [0.05, 0.1) is 0 Å². The third kappa shape index (κ3) is 2.81. The highest BCUT2D eigenvalue weighted by atomic mass is 16.3. The molecule has 114 valence electrons. The van der Waals surface area contributed by atoms with Gasteiger partial charge in [0.1, 0.15) is 5.76 Å². The Morgan fingerprint density at radius 1 is 1.38 bits per heavy atom. The Bertz CT molecular complexity index is 595. The van der Waals surface area contributed by atoms with Gasteiger partial charge in [0.25, 0.3) is 0 Å². The van der Waals surface area contributed by atoms with Crippen LogP contribution in [-0.2, 0) is 6.42 Å². The van der Waals surface area contributed by atoms with Crippen LogP contribution in [0.3, 0.4) is 0 Å². The lowest BCUT2D eigenvalue weighted by Gasteiger charge is -2.38. The fourth-order valence-electron chi connectivity index (χ4n) is 2.65. The number of rotatable bonds is 4. The Morgan fingerprint density at radius 3 is 2.76 bits per heavy atom. The number of aromatic amines is 1. The average molecular weight is 289 g/mol. The number of nitrogens with zero attached hydrogens (tertiary/aromatic N) is 3. The van der Waals surface area contributed by atoms with Gasteiger partial charge in [-0.15, -0.1) is 5.10 Å². The minimum absolute atomic E-state index is 0.257. The molecule has 0 aliphatic carbocycles. The molecule has 0 saturated carbocycles. The summed E-state index contributed by atoms with van der Waals surface area (Å²) < 4.78 is 5.70. The molecule has 0 unspecified atom stereocenters. The SMILES string of the molecule is CCc1ccc(-c2nc(N3CCC(C)(CN)CC3)n[nH]2)o1. The van der Waals surface area contributed by atoms with E-state index < -0.39 is 0 Å². The van der Waals surface area contributed by atoms with E-state index in [0.29, 0.717) is 5.82 Å². The summed E-state index contributed by atoms with van der Waals surface area (Å²) >= 11 is 0. The summed E-state index contributed by atoms with van der Waals surface area (Å²) in [5, 5.41) is 7.29. The summed E-state index contributed by atoms with van der Waals surface area (Å²) in [7, 11) is 0. The molecule has 1 saturated heterocycles. The predicted octanol–water partition coefficient (Wildman–Crippen LogP) is 2.19. The van der Waals surface area contributed by atoms with Crippen LogP contribution in [0.5, 0.6) is 0 Å². The second-order valence-electron chi connectivity index (χ2n) is 6.11. The second-order valence-corrected chi connectivity index (χ2v) is 6.11. The maximum Gasteiger partial charge on any atom is 0.245 e. The number of aromatic nitrogens is 3. The van der Waals surface area contributed by atoms with E-state index >= 15 is 0 Å². The van der Waals surface area contributed by atoms with Gasteiger partial charge < -0.3 is 15.1 Å². The summed E-state index contributed by atoms with van der Waals surface area (Å²) in [6, 6.07) is 3.91. The Morgan fingerprint density at radius 2 is 2.14 bits per heavy atom. The van der Waals surface area contributed by atoms with Crippen LogP contribution in [-0.4, -0.2) is 34.8 Å². The number of nitrogens with one attached hydrogen (secondary N) is 1. The van der Waals surface area contributed by atoms with E-state index in [0.717, 1.165) is 56.4 Å². The Kier molecular flexibility index (Phi) is 3.71. The predicted molar refractivity (Wildman–Crippen MR) is 82.1 cm³/mol. The number of piperidine rings is 1. The summed E-state index contributed by atoms with van der Waals surface area (Å²) in [6.07, 6.45) is 3.03. The van der Waals surface area contributed by atoms with E-state index in [4.69, 9.17) is 10.2 Å². The number of anilines is 1. The fraction of sp³-hybridized carbons (Fsp3) is 0.600. The molecule has 2 aromatic rings. The summed E-state index contributed by atoms with van der Waals surface area (Å²) in [5.74, 6) is 3.14. The minimum Gasteiger partial charge on any atom is -0.458 e. The molecular weight excluding hydrogens is 266 g/mol. The van der Waals surface area contributed by atoms with Crippen molar-refractivity contribution in [3.05, 3.63) is 17.9 Å². The van der Waals surface area contributed by atoms with Crippen molar-refractivity contribution < 1.29 is 4.42 Å². The van der Waals surface area contributed by atoms with Gasteiger partial charge in [-0.25, -0.2) is 0 Å². The monoisotopic (exact) mass is 289 g/mol. The molecule has 2 aromatic heterocycles. The molecule has 0 aromatic carbocycles. The van der Waals surface area contributed by atoms with E-state index in [-0.39, 0.29) is 5.41 Å². The summed E-state index contributed by atoms with van der Waals surface area (Å²) in [4.78, 5) is 6.77. The van der Waals surface area contributed by atoms with Crippen LogP contribution in [0.15, 0.2) is 16.5 Å². The molecule has 0 amide bonds. The molecule has 0 radical (unpaired) electrons. The Labute approximate surface area is 124 Å². The first kappa shape index (κ1) is 14.1. The van der Waals surface area contributed by atoms with Gasteiger partial charge in [0, 0.05) is 19.5 Å². The molecule has 6 heteroatoms. The number of hydrogen-bond acceptors (Lipinski definition) is 5. The van der Waals surface area contributed by atoms with Gasteiger partial charge in [0.15, 0.2) is 11.6 Å². The van der Waals surface area contributed by atoms with Crippen molar-refractivity contribution in [1.82, 2.24) is 15.2 Å². The smallest absolute Gasteiger partial charge is 0.245 e. The third-order valence-corrected chi connectivity index (χ3v) is 4.46. The van der Waals surface area contributed by atoms with Gasteiger partial charge in [-0.1, -0.05) is 13.8 Å². The van der Waals surface area contributed by atoms with E-state index in [9.17, 15) is 0 Å². The molecule has 6 nitrogen and oxygen atoms in total. The molecule has 1 fully saturated rings. The molecular formula is C15H23N5O. The summed E-state index contributed by atoms with van der Waals surface area (Å²) in [5.41, 5.74) is 6.11. The minimum atomic E-state index is 0.257. The molecule has 0 spiro atoms. The molecule has 21 heavy (non-hydrogen) atoms. The van der Waals surface area contributed by atoms with Crippen LogP contribution in [0, 0.1) is 5.41 Å². The van der Waals surface area contributed by atoms with Crippen molar-refractivity contribution in [2.24, 2.45) is 11.1 Å². The lowest BCUT2D eigenvalue weighted by molar-refractivity contribution is 0.257. The lowest BCUT2D eigenvalue weighted by atomic mass is 9.81. The first-order valence-electron chi connectivity index (χ1n) is 7.60. The van der Waals surface area contributed by atoms with Crippen LogP contribution < -0.4 is 10.6 Å². The van der Waals surface area contributed by atoms with Crippen molar-refractivity contribution in [3.8, 4) is 11.6 Å². The molecule has 3 rings (SSSR count). The number of furan rings is 1. The van der Waals surface area contributed by atoms with E-state index in [1.807, 2.05) is 12.1 Å². The van der Waals surface area contributed by atoms with E-state index in [2.05, 4.69) is 33.9 Å². The van der Waals surface area contributed by atoms with Gasteiger partial charge in [0.2, 0.25) is 5.95 Å². The molecule has 3 N–H and O–H groups in total. The zero-order chi connectivity index (χ0) is 14.9. The van der Waals surface area contributed by atoms with Crippen molar-refractivity contribution in [3.63, 3.8) is 0 Å². The fourth-order valence-corrected chi connectivity index (χ4v) is 2.65. The largest absolute Gasteiger partial charge is 0.458 e. The normalized spacial score (nSPS) is 18.1. The van der Waals surface area contributed by atoms with Crippen LogP contribution in [0.25, 0.3) is 11.6 Å². The van der Waals surface area contributed by atoms with Gasteiger partial charge in [-0.2, -0.15) is 4.98 Å². The second kappa shape index (κ2) is 5.52. The first-order chi connectivity index (χ1) is 10.1. The maximum atomic E-state index is 5.85. The molecule has 0 atom stereocenters. The number of aryl methyl sites for hydroxylation is 1. The zero-order valence-electron chi connectivity index (χ0n) is 12.7. The number of H-pyrrole nitrogens is 1. The molecule has 1 aliphatic heterocycles. The topological polar surface area (TPSA) is 84.0 Å². The number of nitrogens with two attached hydrogens (primary N) is 1. The Balaban J connectivity index is 1.71. The third-order valence-electron chi connectivity index (χ3n) is 4.46.